The second-order valence-electron chi connectivity index (χ2n) is 5.03. The maximum atomic E-state index is 12.1. The summed E-state index contributed by atoms with van der Waals surface area (Å²) in [7, 11) is 1.79. The van der Waals surface area contributed by atoms with Gasteiger partial charge in [-0.15, -0.1) is 0 Å². The molecule has 2 rings (SSSR count). The fourth-order valence-corrected chi connectivity index (χ4v) is 2.43. The Hall–Kier alpha value is -1.10. The Morgan fingerprint density at radius 1 is 1.35 bits per heavy atom. The first kappa shape index (κ1) is 12.4. The molecule has 0 aromatic heterocycles. The molecule has 5 nitrogen and oxygen atoms in total. The van der Waals surface area contributed by atoms with Crippen molar-refractivity contribution in [3.8, 4) is 0 Å². The summed E-state index contributed by atoms with van der Waals surface area (Å²) >= 11 is 0. The summed E-state index contributed by atoms with van der Waals surface area (Å²) in [5.41, 5.74) is 0. The average molecular weight is 239 g/mol. The average Bonchev–Trinajstić information content (AvgIpc) is 2.34. The quantitative estimate of drug-likeness (QED) is 0.718. The fourth-order valence-electron chi connectivity index (χ4n) is 2.43. The molecule has 2 saturated heterocycles. The Labute approximate surface area is 102 Å². The van der Waals surface area contributed by atoms with E-state index in [1.807, 2.05) is 0 Å². The van der Waals surface area contributed by atoms with Crippen LogP contribution in [0.2, 0.25) is 0 Å². The van der Waals surface area contributed by atoms with Gasteiger partial charge in [-0.1, -0.05) is 0 Å². The molecule has 0 aromatic carbocycles. The maximum Gasteiger partial charge on any atom is 0.241 e. The zero-order chi connectivity index (χ0) is 12.3. The fraction of sp³-hybridized carbons (Fsp3) is 0.833. The van der Waals surface area contributed by atoms with E-state index in [2.05, 4.69) is 5.32 Å². The first-order valence-electron chi connectivity index (χ1n) is 6.39. The Bertz CT molecular complexity index is 300. The van der Waals surface area contributed by atoms with Gasteiger partial charge in [0, 0.05) is 26.6 Å². The first-order chi connectivity index (χ1) is 8.16. The molecule has 2 aliphatic heterocycles. The van der Waals surface area contributed by atoms with Crippen molar-refractivity contribution in [2.45, 2.75) is 19.3 Å². The summed E-state index contributed by atoms with van der Waals surface area (Å²) in [4.78, 5) is 27.0. The van der Waals surface area contributed by atoms with E-state index in [0.29, 0.717) is 25.4 Å². The number of nitrogens with one attached hydrogen (secondary N) is 1. The molecule has 0 saturated carbocycles. The molecular weight excluding hydrogens is 218 g/mol. The number of likely N-dealkylation sites (N-methyl/N-ethyl adjacent to an activating group) is 1. The number of carbonyl (C=O) groups is 2. The predicted molar refractivity (Wildman–Crippen MR) is 64.4 cm³/mol. The molecule has 2 fully saturated rings. The van der Waals surface area contributed by atoms with Crippen molar-refractivity contribution in [2.75, 3.05) is 39.8 Å². The molecule has 2 heterocycles. The number of hydrogen-bond donors (Lipinski definition) is 1. The molecule has 0 aliphatic carbocycles. The molecule has 1 N–H and O–H groups in total. The highest BCUT2D eigenvalue weighted by atomic mass is 16.2. The summed E-state index contributed by atoms with van der Waals surface area (Å²) in [6.45, 7) is 3.64. The van der Waals surface area contributed by atoms with Gasteiger partial charge in [-0.3, -0.25) is 9.59 Å². The number of hydrogen-bond acceptors (Lipinski definition) is 3. The molecule has 0 bridgehead atoms. The lowest BCUT2D eigenvalue weighted by molar-refractivity contribution is -0.144. The molecule has 0 radical (unpaired) electrons. The molecule has 17 heavy (non-hydrogen) atoms. The van der Waals surface area contributed by atoms with Gasteiger partial charge in [0.1, 0.15) is 0 Å². The van der Waals surface area contributed by atoms with Crippen molar-refractivity contribution in [2.24, 2.45) is 5.92 Å². The van der Waals surface area contributed by atoms with Gasteiger partial charge in [0.05, 0.1) is 6.54 Å². The minimum absolute atomic E-state index is 0.0508. The van der Waals surface area contributed by atoms with E-state index in [1.165, 1.54) is 0 Å². The van der Waals surface area contributed by atoms with Crippen LogP contribution in [0.25, 0.3) is 0 Å². The van der Waals surface area contributed by atoms with Gasteiger partial charge in [-0.05, 0) is 31.8 Å². The third-order valence-corrected chi connectivity index (χ3v) is 3.73. The highest BCUT2D eigenvalue weighted by molar-refractivity contribution is 5.85. The second-order valence-corrected chi connectivity index (χ2v) is 5.03. The van der Waals surface area contributed by atoms with Crippen LogP contribution >= 0.6 is 0 Å². The van der Waals surface area contributed by atoms with Crippen molar-refractivity contribution in [3.05, 3.63) is 0 Å². The Morgan fingerprint density at radius 2 is 2.06 bits per heavy atom. The van der Waals surface area contributed by atoms with Crippen LogP contribution in [-0.4, -0.2) is 61.4 Å². The van der Waals surface area contributed by atoms with E-state index in [0.717, 1.165) is 25.9 Å². The van der Waals surface area contributed by atoms with E-state index in [1.54, 1.807) is 16.8 Å². The van der Waals surface area contributed by atoms with Crippen LogP contribution < -0.4 is 5.32 Å². The van der Waals surface area contributed by atoms with Gasteiger partial charge in [-0.25, -0.2) is 0 Å². The van der Waals surface area contributed by atoms with Crippen LogP contribution in [0.15, 0.2) is 0 Å². The van der Waals surface area contributed by atoms with Crippen LogP contribution in [0.3, 0.4) is 0 Å². The van der Waals surface area contributed by atoms with E-state index in [4.69, 9.17) is 0 Å². The number of amides is 2. The summed E-state index contributed by atoms with van der Waals surface area (Å²) in [5.74, 6) is 0.701. The van der Waals surface area contributed by atoms with Crippen LogP contribution in [0, 0.1) is 5.92 Å². The maximum absolute atomic E-state index is 12.1. The third kappa shape index (κ3) is 3.19. The zero-order valence-electron chi connectivity index (χ0n) is 10.4. The topological polar surface area (TPSA) is 52.6 Å². The lowest BCUT2D eigenvalue weighted by Gasteiger charge is -2.33. The Balaban J connectivity index is 1.81. The van der Waals surface area contributed by atoms with Crippen molar-refractivity contribution < 1.29 is 9.59 Å². The second kappa shape index (κ2) is 5.49. The van der Waals surface area contributed by atoms with Gasteiger partial charge in [-0.2, -0.15) is 0 Å². The summed E-state index contributed by atoms with van der Waals surface area (Å²) in [5, 5.41) is 3.29. The molecule has 96 valence electrons. The summed E-state index contributed by atoms with van der Waals surface area (Å²) in [6, 6.07) is 0. The highest BCUT2D eigenvalue weighted by Crippen LogP contribution is 2.17. The van der Waals surface area contributed by atoms with Crippen LogP contribution in [0.4, 0.5) is 0 Å². The van der Waals surface area contributed by atoms with Crippen LogP contribution in [-0.2, 0) is 9.59 Å². The van der Waals surface area contributed by atoms with Crippen molar-refractivity contribution >= 4 is 11.8 Å². The zero-order valence-corrected chi connectivity index (χ0v) is 10.4. The smallest absolute Gasteiger partial charge is 0.241 e. The van der Waals surface area contributed by atoms with Crippen LogP contribution in [0.1, 0.15) is 19.3 Å². The summed E-state index contributed by atoms with van der Waals surface area (Å²) in [6.07, 6.45) is 2.76. The largest absolute Gasteiger partial charge is 0.342 e. The number of nitrogens with zero attached hydrogens (tertiary/aromatic N) is 2. The Morgan fingerprint density at radius 3 is 2.71 bits per heavy atom. The van der Waals surface area contributed by atoms with E-state index < -0.39 is 0 Å². The minimum Gasteiger partial charge on any atom is -0.342 e. The van der Waals surface area contributed by atoms with Gasteiger partial charge in [0.25, 0.3) is 0 Å². The van der Waals surface area contributed by atoms with Gasteiger partial charge in [0.15, 0.2) is 0 Å². The molecule has 5 heteroatoms. The van der Waals surface area contributed by atoms with Gasteiger partial charge >= 0.3 is 0 Å². The van der Waals surface area contributed by atoms with Crippen molar-refractivity contribution in [3.63, 3.8) is 0 Å². The molecule has 0 atom stereocenters. The molecular formula is C12H21N3O2. The van der Waals surface area contributed by atoms with Gasteiger partial charge in [0.2, 0.25) is 11.8 Å². The van der Waals surface area contributed by atoms with Crippen LogP contribution in [0.5, 0.6) is 0 Å². The number of rotatable bonds is 2. The number of piperazine rings is 1. The lowest BCUT2D eigenvalue weighted by Crippen LogP contribution is -2.51. The van der Waals surface area contributed by atoms with E-state index in [-0.39, 0.29) is 18.4 Å². The molecule has 2 amide bonds. The first-order valence-corrected chi connectivity index (χ1v) is 6.39. The Kier molecular flexibility index (Phi) is 3.99. The predicted octanol–water partition coefficient (Wildman–Crippen LogP) is -0.323. The molecule has 2 aliphatic rings. The normalized spacial score (nSPS) is 23.0. The molecule has 0 unspecified atom stereocenters. The molecule has 0 spiro atoms. The monoisotopic (exact) mass is 239 g/mol. The van der Waals surface area contributed by atoms with Crippen molar-refractivity contribution in [1.82, 2.24) is 15.1 Å². The third-order valence-electron chi connectivity index (χ3n) is 3.73. The van der Waals surface area contributed by atoms with Gasteiger partial charge < -0.3 is 15.1 Å². The van der Waals surface area contributed by atoms with E-state index >= 15 is 0 Å². The van der Waals surface area contributed by atoms with Crippen molar-refractivity contribution in [1.29, 1.82) is 0 Å². The minimum atomic E-state index is 0.0508. The molecule has 0 aromatic rings. The standard InChI is InChI=1S/C12H21N3O2/c1-14-6-7-15(9-12(14)17)11(16)8-10-2-4-13-5-3-10/h10,13H,2-9H2,1H3. The highest BCUT2D eigenvalue weighted by Gasteiger charge is 2.26. The number of piperidine rings is 1. The lowest BCUT2D eigenvalue weighted by atomic mass is 9.94. The SMILES string of the molecule is CN1CCN(C(=O)CC2CCNCC2)CC1=O. The number of carbonyl (C=O) groups excluding carboxylic acids is 2. The summed E-state index contributed by atoms with van der Waals surface area (Å²) < 4.78 is 0. The van der Waals surface area contributed by atoms with E-state index in [9.17, 15) is 9.59 Å².